The van der Waals surface area contributed by atoms with Crippen molar-refractivity contribution in [3.05, 3.63) is 0 Å². The standard InChI is InChI=1S/C10H16O4/c1-10(2)6(8(11)12)4-5-7(10)9(13)14-3/h6-7H,4-5H2,1-3H3,(H,11,12)/p-1/t6-,7+/m0/s1. The third kappa shape index (κ3) is 1.61. The topological polar surface area (TPSA) is 66.4 Å². The molecule has 2 atom stereocenters. The molecule has 0 aromatic carbocycles. The van der Waals surface area contributed by atoms with E-state index in [1.165, 1.54) is 7.11 Å². The minimum atomic E-state index is -1.07. The van der Waals surface area contributed by atoms with E-state index in [0.29, 0.717) is 12.8 Å². The van der Waals surface area contributed by atoms with Crippen molar-refractivity contribution in [3.8, 4) is 0 Å². The molecule has 0 unspecified atom stereocenters. The van der Waals surface area contributed by atoms with Gasteiger partial charge in [0.15, 0.2) is 0 Å². The highest BCUT2D eigenvalue weighted by Crippen LogP contribution is 2.47. The van der Waals surface area contributed by atoms with E-state index in [1.54, 1.807) is 13.8 Å². The summed E-state index contributed by atoms with van der Waals surface area (Å²) in [6.07, 6.45) is 1.06. The number of carboxylic acids is 1. The molecule has 0 N–H and O–H groups in total. The van der Waals surface area contributed by atoms with E-state index in [0.717, 1.165) is 0 Å². The molecule has 0 bridgehead atoms. The molecular weight excluding hydrogens is 184 g/mol. The Balaban J connectivity index is 2.86. The van der Waals surface area contributed by atoms with Crippen LogP contribution >= 0.6 is 0 Å². The molecule has 4 nitrogen and oxygen atoms in total. The van der Waals surface area contributed by atoms with Crippen molar-refractivity contribution in [2.45, 2.75) is 26.7 Å². The summed E-state index contributed by atoms with van der Waals surface area (Å²) in [5, 5.41) is 10.8. The molecule has 4 heteroatoms. The highest BCUT2D eigenvalue weighted by atomic mass is 16.5. The molecule has 0 aromatic rings. The maximum atomic E-state index is 11.4. The quantitative estimate of drug-likeness (QED) is 0.585. The van der Waals surface area contributed by atoms with Gasteiger partial charge in [0, 0.05) is 11.9 Å². The molecular formula is C10H15O4-. The molecule has 1 rings (SSSR count). The number of carbonyl (C=O) groups excluding carboxylic acids is 2. The van der Waals surface area contributed by atoms with Crippen LogP contribution in [0.2, 0.25) is 0 Å². The second kappa shape index (κ2) is 3.59. The van der Waals surface area contributed by atoms with Crippen molar-refractivity contribution >= 4 is 11.9 Å². The van der Waals surface area contributed by atoms with Gasteiger partial charge in [-0.2, -0.15) is 0 Å². The second-order valence-corrected chi connectivity index (χ2v) is 4.35. The number of carboxylic acid groups (broad SMARTS) is 1. The van der Waals surface area contributed by atoms with Crippen molar-refractivity contribution in [1.29, 1.82) is 0 Å². The van der Waals surface area contributed by atoms with Crippen LogP contribution in [0.15, 0.2) is 0 Å². The van der Waals surface area contributed by atoms with Crippen molar-refractivity contribution in [1.82, 2.24) is 0 Å². The minimum Gasteiger partial charge on any atom is -0.550 e. The number of hydrogen-bond acceptors (Lipinski definition) is 4. The number of rotatable bonds is 2. The van der Waals surface area contributed by atoms with Gasteiger partial charge in [-0.1, -0.05) is 13.8 Å². The van der Waals surface area contributed by atoms with E-state index < -0.39 is 17.3 Å². The minimum absolute atomic E-state index is 0.321. The molecule has 0 heterocycles. The monoisotopic (exact) mass is 199 g/mol. The van der Waals surface area contributed by atoms with Gasteiger partial charge in [-0.3, -0.25) is 4.79 Å². The van der Waals surface area contributed by atoms with Gasteiger partial charge in [0.25, 0.3) is 0 Å². The summed E-state index contributed by atoms with van der Waals surface area (Å²) in [6, 6.07) is 0. The summed E-state index contributed by atoms with van der Waals surface area (Å²) in [4.78, 5) is 22.2. The third-order valence-electron chi connectivity index (χ3n) is 3.31. The first-order valence-corrected chi connectivity index (χ1v) is 4.70. The molecule has 1 fully saturated rings. The van der Waals surface area contributed by atoms with E-state index in [-0.39, 0.29) is 11.9 Å². The number of hydrogen-bond donors (Lipinski definition) is 0. The summed E-state index contributed by atoms with van der Waals surface area (Å²) in [5.74, 6) is -2.26. The first-order chi connectivity index (χ1) is 6.41. The number of carbonyl (C=O) groups is 2. The van der Waals surface area contributed by atoms with Gasteiger partial charge in [0.2, 0.25) is 0 Å². The summed E-state index contributed by atoms with van der Waals surface area (Å²) in [6.45, 7) is 3.56. The zero-order valence-electron chi connectivity index (χ0n) is 8.70. The lowest BCUT2D eigenvalue weighted by atomic mass is 9.75. The Bertz CT molecular complexity index is 257. The zero-order valence-corrected chi connectivity index (χ0v) is 8.70. The van der Waals surface area contributed by atoms with Gasteiger partial charge in [-0.25, -0.2) is 0 Å². The maximum absolute atomic E-state index is 11.4. The molecule has 1 aliphatic carbocycles. The highest BCUT2D eigenvalue weighted by molar-refractivity contribution is 5.77. The fraction of sp³-hybridized carbons (Fsp3) is 0.800. The van der Waals surface area contributed by atoms with Gasteiger partial charge in [-0.15, -0.1) is 0 Å². The Morgan fingerprint density at radius 1 is 1.29 bits per heavy atom. The average molecular weight is 199 g/mol. The van der Waals surface area contributed by atoms with Crippen LogP contribution in [0.1, 0.15) is 26.7 Å². The Kier molecular flexibility index (Phi) is 2.83. The van der Waals surface area contributed by atoms with Crippen molar-refractivity contribution in [2.75, 3.05) is 7.11 Å². The van der Waals surface area contributed by atoms with Crippen molar-refractivity contribution < 1.29 is 19.4 Å². The molecule has 0 radical (unpaired) electrons. The van der Waals surface area contributed by atoms with E-state index >= 15 is 0 Å². The molecule has 80 valence electrons. The third-order valence-corrected chi connectivity index (χ3v) is 3.31. The Labute approximate surface area is 83.2 Å². The summed E-state index contributed by atoms with van der Waals surface area (Å²) in [5.41, 5.74) is -0.564. The number of aliphatic carboxylic acids is 1. The van der Waals surface area contributed by atoms with Crippen molar-refractivity contribution in [2.24, 2.45) is 17.3 Å². The normalized spacial score (nSPS) is 29.9. The Hall–Kier alpha value is -1.06. The van der Waals surface area contributed by atoms with Gasteiger partial charge < -0.3 is 14.6 Å². The first kappa shape index (κ1) is 11.0. The van der Waals surface area contributed by atoms with E-state index in [2.05, 4.69) is 4.74 Å². The fourth-order valence-electron chi connectivity index (χ4n) is 2.31. The number of ether oxygens (including phenoxy) is 1. The van der Waals surface area contributed by atoms with Crippen LogP contribution in [0.5, 0.6) is 0 Å². The maximum Gasteiger partial charge on any atom is 0.309 e. The average Bonchev–Trinajstić information content (AvgIpc) is 2.39. The molecule has 0 aromatic heterocycles. The van der Waals surface area contributed by atoms with Gasteiger partial charge in [0.1, 0.15) is 0 Å². The van der Waals surface area contributed by atoms with Crippen LogP contribution in [-0.4, -0.2) is 19.0 Å². The van der Waals surface area contributed by atoms with Gasteiger partial charge in [-0.05, 0) is 18.3 Å². The van der Waals surface area contributed by atoms with E-state index in [4.69, 9.17) is 0 Å². The largest absolute Gasteiger partial charge is 0.550 e. The molecule has 1 saturated carbocycles. The number of esters is 1. The summed E-state index contributed by atoms with van der Waals surface area (Å²) < 4.78 is 4.65. The van der Waals surface area contributed by atoms with Crippen molar-refractivity contribution in [3.63, 3.8) is 0 Å². The van der Waals surface area contributed by atoms with Crippen LogP contribution in [0.3, 0.4) is 0 Å². The molecule has 0 amide bonds. The predicted octanol–water partition coefficient (Wildman–Crippen LogP) is -0.0383. The SMILES string of the molecule is COC(=O)[C@H]1CC[C@@H](C(=O)[O-])C1(C)C. The van der Waals surface area contributed by atoms with Crippen LogP contribution in [0.25, 0.3) is 0 Å². The molecule has 0 aliphatic heterocycles. The van der Waals surface area contributed by atoms with E-state index in [1.807, 2.05) is 0 Å². The predicted molar refractivity (Wildman–Crippen MR) is 47.0 cm³/mol. The molecule has 0 saturated heterocycles. The van der Waals surface area contributed by atoms with Crippen LogP contribution in [0.4, 0.5) is 0 Å². The molecule has 0 spiro atoms. The highest BCUT2D eigenvalue weighted by Gasteiger charge is 2.47. The number of methoxy groups -OCH3 is 1. The lowest BCUT2D eigenvalue weighted by molar-refractivity contribution is -0.314. The van der Waals surface area contributed by atoms with E-state index in [9.17, 15) is 14.7 Å². The lowest BCUT2D eigenvalue weighted by Crippen LogP contribution is -2.41. The summed E-state index contributed by atoms with van der Waals surface area (Å²) in [7, 11) is 1.32. The Morgan fingerprint density at radius 3 is 2.14 bits per heavy atom. The lowest BCUT2D eigenvalue weighted by Gasteiger charge is -2.31. The van der Waals surface area contributed by atoms with Crippen LogP contribution in [-0.2, 0) is 14.3 Å². The smallest absolute Gasteiger partial charge is 0.309 e. The summed E-state index contributed by atoms with van der Waals surface area (Å²) >= 11 is 0. The fourth-order valence-corrected chi connectivity index (χ4v) is 2.31. The Morgan fingerprint density at radius 2 is 1.79 bits per heavy atom. The first-order valence-electron chi connectivity index (χ1n) is 4.70. The van der Waals surface area contributed by atoms with Gasteiger partial charge in [0.05, 0.1) is 13.0 Å². The van der Waals surface area contributed by atoms with Crippen LogP contribution in [0, 0.1) is 17.3 Å². The molecule has 14 heavy (non-hydrogen) atoms. The molecule has 1 aliphatic rings. The van der Waals surface area contributed by atoms with Gasteiger partial charge >= 0.3 is 5.97 Å². The second-order valence-electron chi connectivity index (χ2n) is 4.35. The van der Waals surface area contributed by atoms with Crippen LogP contribution < -0.4 is 5.11 Å². The zero-order chi connectivity index (χ0) is 10.9.